The van der Waals surface area contributed by atoms with Crippen molar-refractivity contribution >= 4 is 5.97 Å². The van der Waals surface area contributed by atoms with E-state index in [4.69, 9.17) is 5.11 Å². The number of hydrogen-bond acceptors (Lipinski definition) is 3. The fraction of sp³-hybridized carbons (Fsp3) is 0.200. The van der Waals surface area contributed by atoms with Crippen LogP contribution in [0.4, 0.5) is 0 Å². The summed E-state index contributed by atoms with van der Waals surface area (Å²) in [4.78, 5) is 15.2. The van der Waals surface area contributed by atoms with E-state index in [0.717, 1.165) is 22.3 Å². The number of rotatable bonds is 2. The first-order valence-electron chi connectivity index (χ1n) is 5.90. The van der Waals surface area contributed by atoms with Gasteiger partial charge in [-0.3, -0.25) is 4.98 Å². The van der Waals surface area contributed by atoms with Crippen molar-refractivity contribution in [3.63, 3.8) is 0 Å². The first-order chi connectivity index (χ1) is 8.90. The van der Waals surface area contributed by atoms with Gasteiger partial charge in [-0.1, -0.05) is 17.7 Å². The molecule has 0 aliphatic heterocycles. The zero-order valence-corrected chi connectivity index (χ0v) is 11.1. The standard InChI is InChI=1S/C15H15NO3/c1-8-4-9(2)14(10(3)5-8)12-6-11(15(18)19)13(17)7-16-12/h4-7,17H,1-3H3,(H,18,19). The van der Waals surface area contributed by atoms with Crippen LogP contribution in [0.5, 0.6) is 5.75 Å². The van der Waals surface area contributed by atoms with Gasteiger partial charge in [0.2, 0.25) is 0 Å². The van der Waals surface area contributed by atoms with Crippen molar-refractivity contribution in [3.8, 4) is 17.0 Å². The smallest absolute Gasteiger partial charge is 0.339 e. The third-order valence-corrected chi connectivity index (χ3v) is 3.05. The van der Waals surface area contributed by atoms with Gasteiger partial charge < -0.3 is 10.2 Å². The number of aromatic hydroxyl groups is 1. The van der Waals surface area contributed by atoms with E-state index in [1.165, 1.54) is 12.3 Å². The Hall–Kier alpha value is -2.36. The van der Waals surface area contributed by atoms with Gasteiger partial charge in [0.05, 0.1) is 11.9 Å². The van der Waals surface area contributed by atoms with Crippen LogP contribution in [-0.4, -0.2) is 21.2 Å². The van der Waals surface area contributed by atoms with Crippen LogP contribution in [0.1, 0.15) is 27.0 Å². The highest BCUT2D eigenvalue weighted by Crippen LogP contribution is 2.29. The molecule has 0 aliphatic rings. The van der Waals surface area contributed by atoms with Crippen molar-refractivity contribution in [1.82, 2.24) is 4.98 Å². The van der Waals surface area contributed by atoms with Crippen molar-refractivity contribution in [2.45, 2.75) is 20.8 Å². The third kappa shape index (κ3) is 2.42. The molecular weight excluding hydrogens is 242 g/mol. The molecule has 1 aromatic carbocycles. The lowest BCUT2D eigenvalue weighted by molar-refractivity contribution is 0.0693. The first-order valence-corrected chi connectivity index (χ1v) is 5.90. The molecule has 0 fully saturated rings. The Labute approximate surface area is 111 Å². The van der Waals surface area contributed by atoms with Crippen molar-refractivity contribution in [2.24, 2.45) is 0 Å². The minimum atomic E-state index is -1.16. The van der Waals surface area contributed by atoms with E-state index in [0.29, 0.717) is 5.69 Å². The van der Waals surface area contributed by atoms with E-state index in [-0.39, 0.29) is 11.3 Å². The van der Waals surface area contributed by atoms with Gasteiger partial charge in [0.25, 0.3) is 0 Å². The van der Waals surface area contributed by atoms with Crippen molar-refractivity contribution in [2.75, 3.05) is 0 Å². The lowest BCUT2D eigenvalue weighted by atomic mass is 9.96. The average molecular weight is 257 g/mol. The Balaban J connectivity index is 2.66. The quantitative estimate of drug-likeness (QED) is 0.867. The van der Waals surface area contributed by atoms with Crippen molar-refractivity contribution in [1.29, 1.82) is 0 Å². The summed E-state index contributed by atoms with van der Waals surface area (Å²) in [7, 11) is 0. The Morgan fingerprint density at radius 2 is 1.68 bits per heavy atom. The Bertz CT molecular complexity index is 639. The number of carbonyl (C=O) groups is 1. The van der Waals surface area contributed by atoms with Gasteiger partial charge in [-0.2, -0.15) is 0 Å². The van der Waals surface area contributed by atoms with E-state index in [2.05, 4.69) is 4.98 Å². The zero-order chi connectivity index (χ0) is 14.2. The normalized spacial score (nSPS) is 10.5. The minimum Gasteiger partial charge on any atom is -0.505 e. The lowest BCUT2D eigenvalue weighted by Gasteiger charge is -2.11. The molecule has 0 aliphatic carbocycles. The summed E-state index contributed by atoms with van der Waals surface area (Å²) in [6, 6.07) is 5.46. The maximum Gasteiger partial charge on any atom is 0.339 e. The summed E-state index contributed by atoms with van der Waals surface area (Å²) in [5.41, 5.74) is 4.55. The van der Waals surface area contributed by atoms with E-state index < -0.39 is 5.97 Å². The second kappa shape index (κ2) is 4.72. The molecule has 0 radical (unpaired) electrons. The molecule has 0 bridgehead atoms. The summed E-state index contributed by atoms with van der Waals surface area (Å²) in [6.45, 7) is 5.94. The minimum absolute atomic E-state index is 0.135. The SMILES string of the molecule is Cc1cc(C)c(-c2cc(C(=O)O)c(O)cn2)c(C)c1. The predicted molar refractivity (Wildman–Crippen MR) is 72.5 cm³/mol. The van der Waals surface area contributed by atoms with Gasteiger partial charge in [-0.25, -0.2) is 4.79 Å². The van der Waals surface area contributed by atoms with Crippen LogP contribution in [0.15, 0.2) is 24.4 Å². The van der Waals surface area contributed by atoms with Crippen LogP contribution in [0.3, 0.4) is 0 Å². The summed E-state index contributed by atoms with van der Waals surface area (Å²) < 4.78 is 0. The number of benzene rings is 1. The van der Waals surface area contributed by atoms with Crippen LogP contribution in [0.2, 0.25) is 0 Å². The van der Waals surface area contributed by atoms with Gasteiger partial charge in [-0.15, -0.1) is 0 Å². The Kier molecular flexibility index (Phi) is 3.25. The number of hydrogen-bond donors (Lipinski definition) is 2. The molecule has 0 unspecified atom stereocenters. The molecule has 4 nitrogen and oxygen atoms in total. The summed E-state index contributed by atoms with van der Waals surface area (Å²) in [5, 5.41) is 18.5. The number of aryl methyl sites for hydroxylation is 3. The lowest BCUT2D eigenvalue weighted by Crippen LogP contribution is -2.00. The van der Waals surface area contributed by atoms with E-state index in [9.17, 15) is 9.90 Å². The second-order valence-corrected chi connectivity index (χ2v) is 4.67. The van der Waals surface area contributed by atoms with E-state index in [1.54, 1.807) is 0 Å². The molecule has 98 valence electrons. The highest BCUT2D eigenvalue weighted by atomic mass is 16.4. The summed E-state index contributed by atoms with van der Waals surface area (Å²) >= 11 is 0. The van der Waals surface area contributed by atoms with Crippen LogP contribution in [0, 0.1) is 20.8 Å². The molecule has 0 spiro atoms. The maximum atomic E-state index is 11.0. The molecule has 4 heteroatoms. The monoisotopic (exact) mass is 257 g/mol. The topological polar surface area (TPSA) is 70.4 Å². The van der Waals surface area contributed by atoms with Crippen LogP contribution in [0.25, 0.3) is 11.3 Å². The van der Waals surface area contributed by atoms with Crippen LogP contribution >= 0.6 is 0 Å². The first kappa shape index (κ1) is 13.1. The number of nitrogens with zero attached hydrogens (tertiary/aromatic N) is 1. The third-order valence-electron chi connectivity index (χ3n) is 3.05. The molecule has 1 heterocycles. The number of carboxylic acids is 1. The van der Waals surface area contributed by atoms with Crippen molar-refractivity contribution < 1.29 is 15.0 Å². The molecule has 0 saturated heterocycles. The molecule has 1 aromatic heterocycles. The van der Waals surface area contributed by atoms with Gasteiger partial charge in [0, 0.05) is 5.56 Å². The highest BCUT2D eigenvalue weighted by Gasteiger charge is 2.14. The predicted octanol–water partition coefficient (Wildman–Crippen LogP) is 3.08. The highest BCUT2D eigenvalue weighted by molar-refractivity contribution is 5.92. The average Bonchev–Trinajstić information content (AvgIpc) is 2.29. The number of aromatic nitrogens is 1. The molecule has 19 heavy (non-hydrogen) atoms. The number of aromatic carboxylic acids is 1. The van der Waals surface area contributed by atoms with E-state index in [1.807, 2.05) is 32.9 Å². The maximum absolute atomic E-state index is 11.0. The summed E-state index contributed by atoms with van der Waals surface area (Å²) in [5.74, 6) is -1.48. The Morgan fingerprint density at radius 3 is 2.21 bits per heavy atom. The summed E-state index contributed by atoms with van der Waals surface area (Å²) in [6.07, 6.45) is 1.18. The molecule has 2 N–H and O–H groups in total. The van der Waals surface area contributed by atoms with Crippen LogP contribution < -0.4 is 0 Å². The molecular formula is C15H15NO3. The van der Waals surface area contributed by atoms with E-state index >= 15 is 0 Å². The molecule has 2 aromatic rings. The molecule has 0 saturated carbocycles. The fourth-order valence-corrected chi connectivity index (χ4v) is 2.34. The molecule has 2 rings (SSSR count). The number of pyridine rings is 1. The number of carboxylic acid groups (broad SMARTS) is 1. The largest absolute Gasteiger partial charge is 0.505 e. The second-order valence-electron chi connectivity index (χ2n) is 4.67. The van der Waals surface area contributed by atoms with Crippen LogP contribution in [-0.2, 0) is 0 Å². The van der Waals surface area contributed by atoms with Gasteiger partial charge in [0.1, 0.15) is 11.3 Å². The fourth-order valence-electron chi connectivity index (χ4n) is 2.34. The molecule has 0 atom stereocenters. The Morgan fingerprint density at radius 1 is 1.11 bits per heavy atom. The van der Waals surface area contributed by atoms with Crippen molar-refractivity contribution in [3.05, 3.63) is 46.6 Å². The van der Waals surface area contributed by atoms with Gasteiger partial charge in [0.15, 0.2) is 0 Å². The molecule has 0 amide bonds. The van der Waals surface area contributed by atoms with Gasteiger partial charge >= 0.3 is 5.97 Å². The van der Waals surface area contributed by atoms with Gasteiger partial charge in [-0.05, 0) is 38.0 Å². The zero-order valence-electron chi connectivity index (χ0n) is 11.1.